The lowest BCUT2D eigenvalue weighted by molar-refractivity contribution is -0.134. The number of nitrogens with zero attached hydrogens (tertiary/aromatic N) is 1. The maximum Gasteiger partial charge on any atom is 0.262 e. The summed E-state index contributed by atoms with van der Waals surface area (Å²) in [6, 6.07) is 5.06. The van der Waals surface area contributed by atoms with Crippen LogP contribution in [0.2, 0.25) is 0 Å². The highest BCUT2D eigenvalue weighted by molar-refractivity contribution is 7.89. The van der Waals surface area contributed by atoms with Gasteiger partial charge in [0.1, 0.15) is 11.8 Å². The highest BCUT2D eigenvalue weighted by Crippen LogP contribution is 2.45. The van der Waals surface area contributed by atoms with Gasteiger partial charge in [-0.2, -0.15) is 4.31 Å². The molecule has 2 aliphatic rings. The van der Waals surface area contributed by atoms with E-state index in [0.717, 1.165) is 12.8 Å². The van der Waals surface area contributed by atoms with Crippen LogP contribution >= 0.6 is 0 Å². The molecule has 1 aliphatic heterocycles. The van der Waals surface area contributed by atoms with Gasteiger partial charge in [-0.1, -0.05) is 0 Å². The van der Waals surface area contributed by atoms with E-state index in [9.17, 15) is 13.2 Å². The minimum atomic E-state index is -3.79. The van der Waals surface area contributed by atoms with Crippen molar-refractivity contribution in [2.24, 2.45) is 5.92 Å². The Labute approximate surface area is 128 Å². The van der Waals surface area contributed by atoms with Crippen molar-refractivity contribution in [1.29, 1.82) is 0 Å². The van der Waals surface area contributed by atoms with Crippen molar-refractivity contribution in [1.82, 2.24) is 9.79 Å². The normalized spacial score (nSPS) is 27.8. The van der Waals surface area contributed by atoms with Gasteiger partial charge >= 0.3 is 0 Å². The van der Waals surface area contributed by atoms with Gasteiger partial charge in [-0.05, 0) is 49.4 Å². The average Bonchev–Trinajstić information content (AvgIpc) is 3.15. The number of hydrogen-bond donors (Lipinski definition) is 2. The second-order valence-electron chi connectivity index (χ2n) is 5.66. The molecule has 1 heterocycles. The van der Waals surface area contributed by atoms with Crippen molar-refractivity contribution < 1.29 is 23.2 Å². The van der Waals surface area contributed by atoms with E-state index in [0.29, 0.717) is 12.2 Å². The summed E-state index contributed by atoms with van der Waals surface area (Å²) in [7, 11) is -2.29. The zero-order chi connectivity index (χ0) is 15.9. The lowest BCUT2D eigenvalue weighted by Crippen LogP contribution is -2.52. The first-order chi connectivity index (χ1) is 10.5. The number of carbonyl (C=O) groups is 1. The van der Waals surface area contributed by atoms with E-state index in [1.54, 1.807) is 17.6 Å². The quantitative estimate of drug-likeness (QED) is 0.628. The molecule has 3 unspecified atom stereocenters. The van der Waals surface area contributed by atoms with Crippen LogP contribution in [-0.4, -0.2) is 43.0 Å². The Kier molecular flexibility index (Phi) is 3.84. The van der Waals surface area contributed by atoms with E-state index < -0.39 is 22.0 Å². The largest absolute Gasteiger partial charge is 0.497 e. The third-order valence-corrected chi connectivity index (χ3v) is 6.49. The fourth-order valence-electron chi connectivity index (χ4n) is 3.56. The highest BCUT2D eigenvalue weighted by atomic mass is 32.2. The zero-order valence-corrected chi connectivity index (χ0v) is 12.9. The minimum absolute atomic E-state index is 0.0369. The lowest BCUT2D eigenvalue weighted by atomic mass is 10.00. The van der Waals surface area contributed by atoms with Gasteiger partial charge in [0.25, 0.3) is 5.91 Å². The van der Waals surface area contributed by atoms with Gasteiger partial charge in [-0.25, -0.2) is 13.9 Å². The van der Waals surface area contributed by atoms with Crippen LogP contribution in [-0.2, 0) is 14.8 Å². The number of rotatable bonds is 4. The highest BCUT2D eigenvalue weighted by Gasteiger charge is 2.54. The van der Waals surface area contributed by atoms with E-state index in [1.807, 2.05) is 0 Å². The van der Waals surface area contributed by atoms with Crippen molar-refractivity contribution in [3.8, 4) is 5.75 Å². The molecular weight excluding hydrogens is 308 g/mol. The Morgan fingerprint density at radius 1 is 1.32 bits per heavy atom. The zero-order valence-electron chi connectivity index (χ0n) is 12.1. The van der Waals surface area contributed by atoms with Gasteiger partial charge in [0.15, 0.2) is 0 Å². The monoisotopic (exact) mass is 326 g/mol. The number of methoxy groups -OCH3 is 1. The third-order valence-electron chi connectivity index (χ3n) is 4.54. The molecule has 1 aromatic carbocycles. The first-order valence-corrected chi connectivity index (χ1v) is 8.54. The molecule has 1 amide bonds. The molecule has 1 aliphatic carbocycles. The van der Waals surface area contributed by atoms with Gasteiger partial charge in [0, 0.05) is 6.04 Å². The predicted octanol–water partition coefficient (Wildman–Crippen LogP) is 0.742. The van der Waals surface area contributed by atoms with Gasteiger partial charge in [0.05, 0.1) is 12.0 Å². The molecule has 8 heteroatoms. The maximum atomic E-state index is 12.9. The smallest absolute Gasteiger partial charge is 0.262 e. The van der Waals surface area contributed by atoms with Crippen molar-refractivity contribution in [3.05, 3.63) is 24.3 Å². The van der Waals surface area contributed by atoms with Crippen molar-refractivity contribution in [3.63, 3.8) is 0 Å². The van der Waals surface area contributed by atoms with Gasteiger partial charge in [-0.15, -0.1) is 0 Å². The summed E-state index contributed by atoms with van der Waals surface area (Å²) in [5.41, 5.74) is 1.60. The summed E-state index contributed by atoms with van der Waals surface area (Å²) in [5, 5.41) is 8.91. The van der Waals surface area contributed by atoms with Gasteiger partial charge in [0.2, 0.25) is 10.0 Å². The van der Waals surface area contributed by atoms with Crippen molar-refractivity contribution >= 4 is 15.9 Å². The van der Waals surface area contributed by atoms with Crippen molar-refractivity contribution in [2.45, 2.75) is 36.2 Å². The van der Waals surface area contributed by atoms with Crippen LogP contribution in [0.15, 0.2) is 29.2 Å². The van der Waals surface area contributed by atoms with E-state index in [-0.39, 0.29) is 16.9 Å². The summed E-state index contributed by atoms with van der Waals surface area (Å²) in [6.07, 6.45) is 2.21. The first kappa shape index (κ1) is 15.3. The number of sulfonamides is 1. The third kappa shape index (κ3) is 2.27. The van der Waals surface area contributed by atoms with E-state index in [2.05, 4.69) is 0 Å². The fourth-order valence-corrected chi connectivity index (χ4v) is 5.43. The number of carbonyl (C=O) groups excluding carboxylic acids is 1. The van der Waals surface area contributed by atoms with Crippen molar-refractivity contribution in [2.75, 3.05) is 7.11 Å². The Morgan fingerprint density at radius 2 is 2.00 bits per heavy atom. The molecule has 0 aromatic heterocycles. The molecule has 7 nitrogen and oxygen atoms in total. The number of amides is 1. The van der Waals surface area contributed by atoms with Gasteiger partial charge in [-0.3, -0.25) is 10.0 Å². The molecule has 1 saturated carbocycles. The number of benzene rings is 1. The predicted molar refractivity (Wildman–Crippen MR) is 76.9 cm³/mol. The molecular formula is C14H18N2O5S. The Hall–Kier alpha value is -1.64. The number of hydroxylamine groups is 1. The number of hydrogen-bond acceptors (Lipinski definition) is 5. The summed E-state index contributed by atoms with van der Waals surface area (Å²) in [4.78, 5) is 12.0. The van der Waals surface area contributed by atoms with Crippen LogP contribution in [0.5, 0.6) is 5.75 Å². The lowest BCUT2D eigenvalue weighted by Gasteiger charge is -2.32. The molecule has 3 rings (SSSR count). The molecule has 3 atom stereocenters. The number of nitrogens with one attached hydrogen (secondary N) is 1. The van der Waals surface area contributed by atoms with Gasteiger partial charge < -0.3 is 4.74 Å². The molecule has 120 valence electrons. The molecule has 2 bridgehead atoms. The van der Waals surface area contributed by atoms with E-state index in [1.165, 1.54) is 23.5 Å². The van der Waals surface area contributed by atoms with E-state index >= 15 is 0 Å². The SMILES string of the molecule is COc1ccc(S(=O)(=O)N2C3CCC(C3)C2C(=O)NO)cc1. The first-order valence-electron chi connectivity index (χ1n) is 7.10. The number of fused-ring (bicyclic) bond motifs is 2. The summed E-state index contributed by atoms with van der Waals surface area (Å²) in [5.74, 6) is -0.138. The molecule has 2 N–H and O–H groups in total. The molecule has 2 fully saturated rings. The Bertz CT molecular complexity index is 673. The standard InChI is InChI=1S/C14H18N2O5S/c1-21-11-4-6-12(7-5-11)22(19,20)16-10-3-2-9(8-10)13(16)14(17)15-18/h4-7,9-10,13,18H,2-3,8H2,1H3,(H,15,17). The molecule has 1 aromatic rings. The second kappa shape index (κ2) is 5.53. The summed E-state index contributed by atoms with van der Waals surface area (Å²) < 4.78 is 32.0. The van der Waals surface area contributed by atoms with Crippen LogP contribution in [0.4, 0.5) is 0 Å². The van der Waals surface area contributed by atoms with Crippen LogP contribution in [0.1, 0.15) is 19.3 Å². The van der Waals surface area contributed by atoms with E-state index in [4.69, 9.17) is 9.94 Å². The number of piperidine rings is 1. The summed E-state index contributed by atoms with van der Waals surface area (Å²) in [6.45, 7) is 0. The second-order valence-corrected chi connectivity index (χ2v) is 7.50. The Morgan fingerprint density at radius 3 is 2.59 bits per heavy atom. The number of ether oxygens (including phenoxy) is 1. The van der Waals surface area contributed by atoms with Crippen LogP contribution in [0, 0.1) is 5.92 Å². The van der Waals surface area contributed by atoms with Crippen LogP contribution in [0.3, 0.4) is 0 Å². The average molecular weight is 326 g/mol. The minimum Gasteiger partial charge on any atom is -0.497 e. The molecule has 1 saturated heterocycles. The maximum absolute atomic E-state index is 12.9. The molecule has 22 heavy (non-hydrogen) atoms. The topological polar surface area (TPSA) is 95.9 Å². The molecule has 0 spiro atoms. The van der Waals surface area contributed by atoms with Crippen LogP contribution < -0.4 is 10.2 Å². The molecule has 0 radical (unpaired) electrons. The van der Waals surface area contributed by atoms with Crippen LogP contribution in [0.25, 0.3) is 0 Å². The summed E-state index contributed by atoms with van der Waals surface area (Å²) >= 11 is 0. The fraction of sp³-hybridized carbons (Fsp3) is 0.500. The Balaban J connectivity index is 1.97.